The molecule has 0 aliphatic carbocycles. The predicted octanol–water partition coefficient (Wildman–Crippen LogP) is 1.59. The molecule has 2 rings (SSSR count). The molecule has 0 saturated heterocycles. The summed E-state index contributed by atoms with van der Waals surface area (Å²) in [4.78, 5) is 8.13. The molecule has 0 unspecified atom stereocenters. The Hall–Kier alpha value is -1.84. The maximum absolute atomic E-state index is 5.71. The molecule has 0 bridgehead atoms. The lowest BCUT2D eigenvalue weighted by atomic mass is 10.4. The van der Waals surface area contributed by atoms with Gasteiger partial charge in [-0.3, -0.25) is 0 Å². The van der Waals surface area contributed by atoms with E-state index in [4.69, 9.17) is 5.73 Å². The molecule has 14 heavy (non-hydrogen) atoms. The van der Waals surface area contributed by atoms with Crippen LogP contribution in [0.3, 0.4) is 0 Å². The Kier molecular flexibility index (Phi) is 2.18. The smallest absolute Gasteiger partial charge is 0.145 e. The van der Waals surface area contributed by atoms with Crippen molar-refractivity contribution >= 4 is 16.9 Å². The average Bonchev–Trinajstić information content (AvgIpc) is 2.60. The molecule has 2 heterocycles. The Morgan fingerprint density at radius 3 is 3.14 bits per heavy atom. The normalized spacial score (nSPS) is 10.6. The van der Waals surface area contributed by atoms with Crippen molar-refractivity contribution in [3.63, 3.8) is 0 Å². The first-order valence-electron chi connectivity index (χ1n) is 4.49. The van der Waals surface area contributed by atoms with Crippen LogP contribution in [0.15, 0.2) is 31.2 Å². The SMILES string of the molecule is C=CCCn1ccc2c(N)ncnc21. The quantitative estimate of drug-likeness (QED) is 0.744. The van der Waals surface area contributed by atoms with Gasteiger partial charge in [-0.15, -0.1) is 6.58 Å². The number of anilines is 1. The third-order valence-electron chi connectivity index (χ3n) is 2.16. The van der Waals surface area contributed by atoms with E-state index in [1.807, 2.05) is 18.3 Å². The highest BCUT2D eigenvalue weighted by molar-refractivity contribution is 5.85. The van der Waals surface area contributed by atoms with Gasteiger partial charge in [-0.1, -0.05) is 6.08 Å². The summed E-state index contributed by atoms with van der Waals surface area (Å²) in [5, 5.41) is 0.913. The van der Waals surface area contributed by atoms with Crippen LogP contribution in [0.25, 0.3) is 11.0 Å². The topological polar surface area (TPSA) is 56.7 Å². The molecule has 0 atom stereocenters. The Balaban J connectivity index is 2.47. The Morgan fingerprint density at radius 2 is 2.36 bits per heavy atom. The molecule has 0 spiro atoms. The van der Waals surface area contributed by atoms with Gasteiger partial charge in [0.25, 0.3) is 0 Å². The van der Waals surface area contributed by atoms with Crippen molar-refractivity contribution in [1.29, 1.82) is 0 Å². The van der Waals surface area contributed by atoms with Crippen molar-refractivity contribution in [2.45, 2.75) is 13.0 Å². The summed E-state index contributed by atoms with van der Waals surface area (Å²) < 4.78 is 2.05. The number of hydrogen-bond acceptors (Lipinski definition) is 3. The van der Waals surface area contributed by atoms with Gasteiger partial charge in [0.15, 0.2) is 0 Å². The summed E-state index contributed by atoms with van der Waals surface area (Å²) >= 11 is 0. The van der Waals surface area contributed by atoms with Crippen molar-refractivity contribution in [1.82, 2.24) is 14.5 Å². The highest BCUT2D eigenvalue weighted by Gasteiger charge is 2.04. The van der Waals surface area contributed by atoms with Gasteiger partial charge in [-0.2, -0.15) is 0 Å². The number of nitrogens with two attached hydrogens (primary N) is 1. The summed E-state index contributed by atoms with van der Waals surface area (Å²) in [5.41, 5.74) is 6.60. The molecule has 0 aliphatic heterocycles. The molecule has 2 aromatic rings. The van der Waals surface area contributed by atoms with Crippen LogP contribution in [-0.2, 0) is 6.54 Å². The fraction of sp³-hybridized carbons (Fsp3) is 0.200. The zero-order valence-corrected chi connectivity index (χ0v) is 7.85. The second-order valence-electron chi connectivity index (χ2n) is 3.08. The van der Waals surface area contributed by atoms with Crippen LogP contribution in [-0.4, -0.2) is 14.5 Å². The largest absolute Gasteiger partial charge is 0.383 e. The first-order chi connectivity index (χ1) is 6.83. The summed E-state index contributed by atoms with van der Waals surface area (Å²) in [6, 6.07) is 1.94. The molecule has 0 radical (unpaired) electrons. The highest BCUT2D eigenvalue weighted by atomic mass is 15.1. The average molecular weight is 188 g/mol. The van der Waals surface area contributed by atoms with Crippen LogP contribution in [0.5, 0.6) is 0 Å². The fourth-order valence-electron chi connectivity index (χ4n) is 1.43. The minimum atomic E-state index is 0.535. The van der Waals surface area contributed by atoms with E-state index in [9.17, 15) is 0 Å². The number of rotatable bonds is 3. The van der Waals surface area contributed by atoms with Crippen LogP contribution < -0.4 is 5.73 Å². The Morgan fingerprint density at radius 1 is 1.50 bits per heavy atom. The third kappa shape index (κ3) is 1.35. The van der Waals surface area contributed by atoms with E-state index >= 15 is 0 Å². The monoisotopic (exact) mass is 188 g/mol. The van der Waals surface area contributed by atoms with Gasteiger partial charge in [-0.25, -0.2) is 9.97 Å². The third-order valence-corrected chi connectivity index (χ3v) is 2.16. The van der Waals surface area contributed by atoms with Gasteiger partial charge in [0.2, 0.25) is 0 Å². The Bertz CT molecular complexity index is 458. The lowest BCUT2D eigenvalue weighted by Crippen LogP contribution is -1.98. The molecular formula is C10H12N4. The molecule has 0 aliphatic rings. The van der Waals surface area contributed by atoms with Crippen LogP contribution in [0.2, 0.25) is 0 Å². The first kappa shape index (κ1) is 8.74. The molecule has 4 nitrogen and oxygen atoms in total. The number of aromatic nitrogens is 3. The van der Waals surface area contributed by atoms with Gasteiger partial charge in [0.05, 0.1) is 5.39 Å². The van der Waals surface area contributed by atoms with Gasteiger partial charge in [0.1, 0.15) is 17.8 Å². The van der Waals surface area contributed by atoms with E-state index in [2.05, 4.69) is 21.1 Å². The predicted molar refractivity (Wildman–Crippen MR) is 56.8 cm³/mol. The fourth-order valence-corrected chi connectivity index (χ4v) is 1.43. The lowest BCUT2D eigenvalue weighted by Gasteiger charge is -2.01. The van der Waals surface area contributed by atoms with Gasteiger partial charge in [0, 0.05) is 12.7 Å². The number of aryl methyl sites for hydroxylation is 1. The van der Waals surface area contributed by atoms with Crippen LogP contribution in [0, 0.1) is 0 Å². The van der Waals surface area contributed by atoms with Crippen molar-refractivity contribution in [3.05, 3.63) is 31.2 Å². The second kappa shape index (κ2) is 3.49. The minimum Gasteiger partial charge on any atom is -0.383 e. The highest BCUT2D eigenvalue weighted by Crippen LogP contribution is 2.17. The van der Waals surface area contributed by atoms with Crippen molar-refractivity contribution in [2.75, 3.05) is 5.73 Å². The maximum Gasteiger partial charge on any atom is 0.145 e. The van der Waals surface area contributed by atoms with Gasteiger partial charge < -0.3 is 10.3 Å². The number of hydrogen-bond donors (Lipinski definition) is 1. The van der Waals surface area contributed by atoms with Crippen molar-refractivity contribution in [3.8, 4) is 0 Å². The molecule has 0 amide bonds. The molecule has 0 fully saturated rings. The number of nitrogens with zero attached hydrogens (tertiary/aromatic N) is 3. The molecule has 2 aromatic heterocycles. The van der Waals surface area contributed by atoms with E-state index < -0.39 is 0 Å². The summed E-state index contributed by atoms with van der Waals surface area (Å²) in [7, 11) is 0. The van der Waals surface area contributed by atoms with E-state index in [1.165, 1.54) is 6.33 Å². The van der Waals surface area contributed by atoms with Crippen molar-refractivity contribution < 1.29 is 0 Å². The summed E-state index contributed by atoms with van der Waals surface area (Å²) in [5.74, 6) is 0.535. The minimum absolute atomic E-state index is 0.535. The standard InChI is InChI=1S/C10H12N4/c1-2-3-5-14-6-4-8-9(11)12-7-13-10(8)14/h2,4,6-7H,1,3,5H2,(H2,11,12,13). The molecular weight excluding hydrogens is 176 g/mol. The van der Waals surface area contributed by atoms with E-state index in [0.29, 0.717) is 5.82 Å². The molecule has 72 valence electrons. The molecule has 4 heteroatoms. The zero-order chi connectivity index (χ0) is 9.97. The zero-order valence-electron chi connectivity index (χ0n) is 7.85. The van der Waals surface area contributed by atoms with Gasteiger partial charge >= 0.3 is 0 Å². The summed E-state index contributed by atoms with van der Waals surface area (Å²) in [6.07, 6.45) is 6.27. The van der Waals surface area contributed by atoms with Crippen LogP contribution >= 0.6 is 0 Å². The van der Waals surface area contributed by atoms with Crippen molar-refractivity contribution in [2.24, 2.45) is 0 Å². The molecule has 2 N–H and O–H groups in total. The Labute approximate surface area is 82.1 Å². The molecule has 0 aromatic carbocycles. The second-order valence-corrected chi connectivity index (χ2v) is 3.08. The summed E-state index contributed by atoms with van der Waals surface area (Å²) in [6.45, 7) is 4.57. The van der Waals surface area contributed by atoms with Crippen LogP contribution in [0.4, 0.5) is 5.82 Å². The lowest BCUT2D eigenvalue weighted by molar-refractivity contribution is 0.731. The number of allylic oxidation sites excluding steroid dienone is 1. The van der Waals surface area contributed by atoms with E-state index in [-0.39, 0.29) is 0 Å². The number of nitrogen functional groups attached to an aromatic ring is 1. The maximum atomic E-state index is 5.71. The van der Waals surface area contributed by atoms with Gasteiger partial charge in [-0.05, 0) is 12.5 Å². The first-order valence-corrected chi connectivity index (χ1v) is 4.49. The van der Waals surface area contributed by atoms with Crippen LogP contribution in [0.1, 0.15) is 6.42 Å². The van der Waals surface area contributed by atoms with E-state index in [0.717, 1.165) is 24.0 Å². The molecule has 0 saturated carbocycles. The number of fused-ring (bicyclic) bond motifs is 1. The van der Waals surface area contributed by atoms with E-state index in [1.54, 1.807) is 0 Å².